The molecule has 1 fully saturated rings. The van der Waals surface area contributed by atoms with E-state index in [1.165, 1.54) is 17.5 Å². The van der Waals surface area contributed by atoms with Crippen molar-refractivity contribution < 1.29 is 4.79 Å². The Bertz CT molecular complexity index is 1020. The summed E-state index contributed by atoms with van der Waals surface area (Å²) in [5.74, 6) is 0.907. The van der Waals surface area contributed by atoms with E-state index >= 15 is 0 Å². The van der Waals surface area contributed by atoms with Crippen LogP contribution in [0.15, 0.2) is 48.1 Å². The third-order valence-corrected chi connectivity index (χ3v) is 5.90. The summed E-state index contributed by atoms with van der Waals surface area (Å²) < 4.78 is 0. The molecule has 0 atom stereocenters. The molecule has 1 aliphatic heterocycles. The maximum Gasteiger partial charge on any atom is 0.270 e. The fourth-order valence-electron chi connectivity index (χ4n) is 3.41. The second-order valence-corrected chi connectivity index (χ2v) is 7.74. The molecule has 1 aromatic carbocycles. The van der Waals surface area contributed by atoms with Gasteiger partial charge in [-0.05, 0) is 18.8 Å². The number of carbonyl (C=O) groups excluding carboxylic acids is 1. The van der Waals surface area contributed by atoms with Crippen LogP contribution in [0.2, 0.25) is 0 Å². The first-order chi connectivity index (χ1) is 14.2. The number of hydrogen-bond acceptors (Lipinski definition) is 7. The van der Waals surface area contributed by atoms with Crippen LogP contribution in [0, 0.1) is 17.2 Å². The predicted molar refractivity (Wildman–Crippen MR) is 112 cm³/mol. The highest BCUT2D eigenvalue weighted by atomic mass is 32.1. The topological polar surface area (TPSA) is 94.8 Å². The van der Waals surface area contributed by atoms with Gasteiger partial charge >= 0.3 is 0 Å². The molecule has 0 saturated carbocycles. The fourth-order valence-corrected chi connectivity index (χ4v) is 4.22. The van der Waals surface area contributed by atoms with E-state index in [4.69, 9.17) is 0 Å². The molecule has 1 N–H and O–H groups in total. The molecule has 2 aromatic heterocycles. The van der Waals surface area contributed by atoms with Crippen LogP contribution in [-0.2, 0) is 0 Å². The quantitative estimate of drug-likeness (QED) is 0.702. The van der Waals surface area contributed by atoms with Crippen LogP contribution in [-0.4, -0.2) is 40.5 Å². The van der Waals surface area contributed by atoms with Crippen molar-refractivity contribution in [1.29, 1.82) is 5.26 Å². The van der Waals surface area contributed by atoms with Crippen LogP contribution in [0.5, 0.6) is 0 Å². The molecule has 8 heteroatoms. The number of aromatic nitrogens is 3. The zero-order valence-corrected chi connectivity index (χ0v) is 16.6. The molecule has 1 amide bonds. The Balaban J connectivity index is 1.29. The molecule has 1 saturated heterocycles. The highest BCUT2D eigenvalue weighted by Crippen LogP contribution is 2.24. The van der Waals surface area contributed by atoms with Crippen LogP contribution >= 0.6 is 11.3 Å². The summed E-state index contributed by atoms with van der Waals surface area (Å²) in [6, 6.07) is 12.0. The average molecular weight is 404 g/mol. The van der Waals surface area contributed by atoms with Gasteiger partial charge < -0.3 is 10.2 Å². The van der Waals surface area contributed by atoms with Crippen molar-refractivity contribution >= 4 is 23.1 Å². The van der Waals surface area contributed by atoms with Crippen LogP contribution in [0.4, 0.5) is 5.82 Å². The first kappa shape index (κ1) is 19.0. The van der Waals surface area contributed by atoms with Gasteiger partial charge in [-0.1, -0.05) is 30.3 Å². The third kappa shape index (κ3) is 4.41. The van der Waals surface area contributed by atoms with Gasteiger partial charge in [0.1, 0.15) is 16.8 Å². The molecule has 0 spiro atoms. The van der Waals surface area contributed by atoms with Crippen LogP contribution in [0.3, 0.4) is 0 Å². The molecule has 29 heavy (non-hydrogen) atoms. The summed E-state index contributed by atoms with van der Waals surface area (Å²) in [5.41, 5.74) is 1.84. The number of nitriles is 1. The Morgan fingerprint density at radius 3 is 2.72 bits per heavy atom. The van der Waals surface area contributed by atoms with E-state index in [1.807, 2.05) is 30.3 Å². The molecule has 7 nitrogen and oxygen atoms in total. The van der Waals surface area contributed by atoms with Gasteiger partial charge in [-0.3, -0.25) is 4.79 Å². The van der Waals surface area contributed by atoms with Crippen molar-refractivity contribution in [3.8, 4) is 16.6 Å². The zero-order valence-electron chi connectivity index (χ0n) is 15.8. The molecule has 4 rings (SSSR count). The van der Waals surface area contributed by atoms with Crippen LogP contribution < -0.4 is 10.2 Å². The summed E-state index contributed by atoms with van der Waals surface area (Å²) >= 11 is 1.48. The average Bonchev–Trinajstić information content (AvgIpc) is 3.29. The molecule has 3 aromatic rings. The second kappa shape index (κ2) is 8.80. The number of rotatable bonds is 5. The van der Waals surface area contributed by atoms with Crippen molar-refractivity contribution in [3.63, 3.8) is 0 Å². The Morgan fingerprint density at radius 2 is 1.97 bits per heavy atom. The lowest BCUT2D eigenvalue weighted by molar-refractivity contribution is 0.0940. The molecule has 1 aliphatic rings. The van der Waals surface area contributed by atoms with Gasteiger partial charge in [0.05, 0.1) is 0 Å². The van der Waals surface area contributed by atoms with E-state index in [-0.39, 0.29) is 5.91 Å². The number of amides is 1. The molecular formula is C21H20N6OS. The van der Waals surface area contributed by atoms with Crippen molar-refractivity contribution in [3.05, 3.63) is 59.5 Å². The van der Waals surface area contributed by atoms with Gasteiger partial charge in [0.15, 0.2) is 11.5 Å². The van der Waals surface area contributed by atoms with Gasteiger partial charge in [-0.2, -0.15) is 5.26 Å². The number of anilines is 1. The van der Waals surface area contributed by atoms with Crippen molar-refractivity contribution in [2.75, 3.05) is 24.5 Å². The summed E-state index contributed by atoms with van der Waals surface area (Å²) in [4.78, 5) is 27.4. The fraction of sp³-hybridized carbons (Fsp3) is 0.286. The molecule has 0 bridgehead atoms. The number of benzene rings is 1. The number of carbonyl (C=O) groups is 1. The van der Waals surface area contributed by atoms with E-state index in [1.54, 1.807) is 11.6 Å². The zero-order chi connectivity index (χ0) is 20.1. The summed E-state index contributed by atoms with van der Waals surface area (Å²) in [6.45, 7) is 2.21. The number of piperidine rings is 1. The van der Waals surface area contributed by atoms with E-state index in [0.29, 0.717) is 29.7 Å². The standard InChI is InChI=1S/C21H20N6OS/c22-12-17-19(24-9-8-23-17)27-10-6-15(7-11-27)13-25-20(28)18-14-29-21(26-18)16-4-2-1-3-5-16/h1-5,8-9,14-15H,6-7,10-11,13H2,(H,25,28). The highest BCUT2D eigenvalue weighted by Gasteiger charge is 2.23. The molecule has 3 heterocycles. The van der Waals surface area contributed by atoms with E-state index in [9.17, 15) is 10.1 Å². The number of thiazole rings is 1. The van der Waals surface area contributed by atoms with Gasteiger partial charge in [0, 0.05) is 43.0 Å². The first-order valence-corrected chi connectivity index (χ1v) is 10.4. The Labute approximate surface area is 173 Å². The third-order valence-electron chi connectivity index (χ3n) is 5.01. The number of nitrogens with one attached hydrogen (secondary N) is 1. The van der Waals surface area contributed by atoms with Crippen molar-refractivity contribution in [2.24, 2.45) is 5.92 Å². The molecular weight excluding hydrogens is 384 g/mol. The Hall–Kier alpha value is -3.31. The van der Waals surface area contributed by atoms with Gasteiger partial charge in [0.2, 0.25) is 0 Å². The van der Waals surface area contributed by atoms with Crippen LogP contribution in [0.25, 0.3) is 10.6 Å². The number of hydrogen-bond donors (Lipinski definition) is 1. The molecule has 0 unspecified atom stereocenters. The van der Waals surface area contributed by atoms with E-state index in [0.717, 1.165) is 36.5 Å². The van der Waals surface area contributed by atoms with Gasteiger partial charge in [-0.25, -0.2) is 15.0 Å². The minimum Gasteiger partial charge on any atom is -0.354 e. The van der Waals surface area contributed by atoms with Gasteiger partial charge in [-0.15, -0.1) is 11.3 Å². The Morgan fingerprint density at radius 1 is 1.21 bits per heavy atom. The lowest BCUT2D eigenvalue weighted by Gasteiger charge is -2.32. The van der Waals surface area contributed by atoms with Gasteiger partial charge in [0.25, 0.3) is 5.91 Å². The maximum absolute atomic E-state index is 12.5. The van der Waals surface area contributed by atoms with Crippen molar-refractivity contribution in [2.45, 2.75) is 12.8 Å². The van der Waals surface area contributed by atoms with Crippen LogP contribution in [0.1, 0.15) is 29.0 Å². The number of nitrogens with zero attached hydrogens (tertiary/aromatic N) is 5. The maximum atomic E-state index is 12.5. The summed E-state index contributed by atoms with van der Waals surface area (Å²) in [7, 11) is 0. The minimum absolute atomic E-state index is 0.133. The highest BCUT2D eigenvalue weighted by molar-refractivity contribution is 7.13. The van der Waals surface area contributed by atoms with Crippen molar-refractivity contribution in [1.82, 2.24) is 20.3 Å². The minimum atomic E-state index is -0.133. The molecule has 0 aliphatic carbocycles. The summed E-state index contributed by atoms with van der Waals surface area (Å²) in [6.07, 6.45) is 4.99. The lowest BCUT2D eigenvalue weighted by Crippen LogP contribution is -2.39. The first-order valence-electron chi connectivity index (χ1n) is 9.50. The largest absolute Gasteiger partial charge is 0.354 e. The normalized spacial score (nSPS) is 14.4. The molecule has 0 radical (unpaired) electrons. The second-order valence-electron chi connectivity index (χ2n) is 6.88. The van der Waals surface area contributed by atoms with E-state index in [2.05, 4.69) is 31.2 Å². The monoisotopic (exact) mass is 404 g/mol. The SMILES string of the molecule is N#Cc1nccnc1N1CCC(CNC(=O)c2csc(-c3ccccc3)n2)CC1. The molecule has 146 valence electrons. The summed E-state index contributed by atoms with van der Waals surface area (Å²) in [5, 5.41) is 14.9. The van der Waals surface area contributed by atoms with E-state index < -0.39 is 0 Å². The lowest BCUT2D eigenvalue weighted by atomic mass is 9.96. The predicted octanol–water partition coefficient (Wildman–Crippen LogP) is 3.12. The Kier molecular flexibility index (Phi) is 5.77. The smallest absolute Gasteiger partial charge is 0.270 e.